The third-order valence-electron chi connectivity index (χ3n) is 2.63. The first kappa shape index (κ1) is 11.5. The molecule has 0 saturated carbocycles. The molecule has 1 aromatic carbocycles. The minimum Gasteiger partial charge on any atom is -0.315 e. The van der Waals surface area contributed by atoms with Gasteiger partial charge in [-0.05, 0) is 51.4 Å². The second kappa shape index (κ2) is 4.81. The Hall–Kier alpha value is -0.530. The van der Waals surface area contributed by atoms with Crippen molar-refractivity contribution in [2.45, 2.75) is 32.2 Å². The third kappa shape index (κ3) is 3.69. The molecule has 0 aromatic heterocycles. The van der Waals surface area contributed by atoms with Crippen LogP contribution in [0.3, 0.4) is 0 Å². The molecule has 2 heteroatoms. The van der Waals surface area contributed by atoms with Gasteiger partial charge >= 0.3 is 0 Å². The van der Waals surface area contributed by atoms with Gasteiger partial charge in [-0.1, -0.05) is 23.7 Å². The van der Waals surface area contributed by atoms with Crippen LogP contribution in [0.2, 0.25) is 5.02 Å². The highest BCUT2D eigenvalue weighted by Crippen LogP contribution is 2.15. The molecule has 0 bridgehead atoms. The molecule has 0 aliphatic rings. The minimum atomic E-state index is 0.208. The van der Waals surface area contributed by atoms with Crippen molar-refractivity contribution >= 4 is 11.6 Å². The summed E-state index contributed by atoms with van der Waals surface area (Å²) in [6.45, 7) is 4.42. The van der Waals surface area contributed by atoms with Gasteiger partial charge in [-0.25, -0.2) is 0 Å². The Morgan fingerprint density at radius 3 is 2.29 bits per heavy atom. The van der Waals surface area contributed by atoms with Crippen LogP contribution in [0.25, 0.3) is 0 Å². The van der Waals surface area contributed by atoms with Crippen molar-refractivity contribution in [2.24, 2.45) is 0 Å². The van der Waals surface area contributed by atoms with E-state index in [9.17, 15) is 0 Å². The number of hydrogen-bond donors (Lipinski definition) is 1. The number of benzene rings is 1. The van der Waals surface area contributed by atoms with Crippen LogP contribution < -0.4 is 5.32 Å². The van der Waals surface area contributed by atoms with Crippen molar-refractivity contribution in [3.05, 3.63) is 34.9 Å². The molecule has 0 atom stereocenters. The summed E-state index contributed by atoms with van der Waals surface area (Å²) < 4.78 is 0. The van der Waals surface area contributed by atoms with Crippen LogP contribution in [0, 0.1) is 0 Å². The van der Waals surface area contributed by atoms with E-state index in [1.54, 1.807) is 0 Å². The molecule has 0 spiro atoms. The van der Waals surface area contributed by atoms with Crippen LogP contribution in [-0.2, 0) is 6.42 Å². The molecule has 0 aliphatic carbocycles. The van der Waals surface area contributed by atoms with E-state index >= 15 is 0 Å². The molecule has 0 unspecified atom stereocenters. The summed E-state index contributed by atoms with van der Waals surface area (Å²) in [5.41, 5.74) is 1.55. The first-order valence-corrected chi connectivity index (χ1v) is 5.35. The van der Waals surface area contributed by atoms with Crippen molar-refractivity contribution in [2.75, 3.05) is 7.05 Å². The normalized spacial score (nSPS) is 11.7. The SMILES string of the molecule is CNC(C)(C)CCc1ccc(Cl)cc1. The predicted octanol–water partition coefficient (Wildman–Crippen LogP) is 3.27. The van der Waals surface area contributed by atoms with Crippen LogP contribution in [0.5, 0.6) is 0 Å². The average Bonchev–Trinajstić information content (AvgIpc) is 2.17. The molecule has 0 fully saturated rings. The van der Waals surface area contributed by atoms with Crippen LogP contribution in [0.15, 0.2) is 24.3 Å². The zero-order chi connectivity index (χ0) is 10.6. The molecule has 78 valence electrons. The zero-order valence-corrected chi connectivity index (χ0v) is 9.86. The van der Waals surface area contributed by atoms with E-state index in [2.05, 4.69) is 31.3 Å². The predicted molar refractivity (Wildman–Crippen MR) is 62.9 cm³/mol. The first-order valence-electron chi connectivity index (χ1n) is 4.97. The monoisotopic (exact) mass is 211 g/mol. The summed E-state index contributed by atoms with van der Waals surface area (Å²) in [6.07, 6.45) is 2.22. The lowest BCUT2D eigenvalue weighted by atomic mass is 9.96. The second-order valence-electron chi connectivity index (χ2n) is 4.26. The lowest BCUT2D eigenvalue weighted by Gasteiger charge is -2.23. The van der Waals surface area contributed by atoms with Crippen molar-refractivity contribution < 1.29 is 0 Å². The van der Waals surface area contributed by atoms with Crippen molar-refractivity contribution in [3.63, 3.8) is 0 Å². The van der Waals surface area contributed by atoms with E-state index in [-0.39, 0.29) is 5.54 Å². The standard InChI is InChI=1S/C12H18ClN/c1-12(2,14-3)9-8-10-4-6-11(13)7-5-10/h4-7,14H,8-9H2,1-3H3. The van der Waals surface area contributed by atoms with Crippen LogP contribution >= 0.6 is 11.6 Å². The molecule has 0 saturated heterocycles. The van der Waals surface area contributed by atoms with Crippen LogP contribution in [0.1, 0.15) is 25.8 Å². The fourth-order valence-electron chi connectivity index (χ4n) is 1.23. The van der Waals surface area contributed by atoms with Gasteiger partial charge in [0.2, 0.25) is 0 Å². The van der Waals surface area contributed by atoms with Gasteiger partial charge in [0.1, 0.15) is 0 Å². The van der Waals surface area contributed by atoms with Gasteiger partial charge in [0.25, 0.3) is 0 Å². The van der Waals surface area contributed by atoms with E-state index in [4.69, 9.17) is 11.6 Å². The summed E-state index contributed by atoms with van der Waals surface area (Å²) in [7, 11) is 2.00. The first-order chi connectivity index (χ1) is 6.53. The van der Waals surface area contributed by atoms with Crippen molar-refractivity contribution in [3.8, 4) is 0 Å². The highest BCUT2D eigenvalue weighted by atomic mass is 35.5. The molecule has 14 heavy (non-hydrogen) atoms. The van der Waals surface area contributed by atoms with Crippen molar-refractivity contribution in [1.82, 2.24) is 5.32 Å². The highest BCUT2D eigenvalue weighted by Gasteiger charge is 2.13. The molecule has 0 heterocycles. The third-order valence-corrected chi connectivity index (χ3v) is 2.88. The Labute approximate surface area is 91.5 Å². The fraction of sp³-hybridized carbons (Fsp3) is 0.500. The molecule has 1 N–H and O–H groups in total. The fourth-order valence-corrected chi connectivity index (χ4v) is 1.36. The Kier molecular flexibility index (Phi) is 3.97. The maximum absolute atomic E-state index is 5.82. The second-order valence-corrected chi connectivity index (χ2v) is 4.70. The molecule has 0 amide bonds. The summed E-state index contributed by atoms with van der Waals surface area (Å²) >= 11 is 5.82. The smallest absolute Gasteiger partial charge is 0.0406 e. The van der Waals surface area contributed by atoms with E-state index in [1.165, 1.54) is 5.56 Å². The Balaban J connectivity index is 2.50. The Bertz CT molecular complexity index is 277. The Morgan fingerprint density at radius 2 is 1.79 bits per heavy atom. The zero-order valence-electron chi connectivity index (χ0n) is 9.10. The van der Waals surface area contributed by atoms with Gasteiger partial charge in [-0.3, -0.25) is 0 Å². The summed E-state index contributed by atoms with van der Waals surface area (Å²) in [5, 5.41) is 4.10. The van der Waals surface area contributed by atoms with Gasteiger partial charge in [-0.15, -0.1) is 0 Å². The van der Waals surface area contributed by atoms with Gasteiger partial charge in [-0.2, -0.15) is 0 Å². The molecular formula is C12H18ClN. The summed E-state index contributed by atoms with van der Waals surface area (Å²) in [6, 6.07) is 8.08. The van der Waals surface area contributed by atoms with Gasteiger partial charge in [0, 0.05) is 10.6 Å². The maximum atomic E-state index is 5.82. The minimum absolute atomic E-state index is 0.208. The lowest BCUT2D eigenvalue weighted by molar-refractivity contribution is 0.393. The van der Waals surface area contributed by atoms with Crippen molar-refractivity contribution in [1.29, 1.82) is 0 Å². The molecular weight excluding hydrogens is 194 g/mol. The van der Waals surface area contributed by atoms with E-state index in [0.29, 0.717) is 0 Å². The maximum Gasteiger partial charge on any atom is 0.0406 e. The quantitative estimate of drug-likeness (QED) is 0.806. The molecule has 0 radical (unpaired) electrons. The Morgan fingerprint density at radius 1 is 1.21 bits per heavy atom. The van der Waals surface area contributed by atoms with Gasteiger partial charge in [0.15, 0.2) is 0 Å². The number of rotatable bonds is 4. The van der Waals surface area contributed by atoms with Gasteiger partial charge in [0.05, 0.1) is 0 Å². The molecule has 1 aromatic rings. The van der Waals surface area contributed by atoms with Gasteiger partial charge < -0.3 is 5.32 Å². The van der Waals surface area contributed by atoms with E-state index in [0.717, 1.165) is 17.9 Å². The van der Waals surface area contributed by atoms with E-state index < -0.39 is 0 Å². The topological polar surface area (TPSA) is 12.0 Å². The summed E-state index contributed by atoms with van der Waals surface area (Å²) in [5.74, 6) is 0. The average molecular weight is 212 g/mol. The highest BCUT2D eigenvalue weighted by molar-refractivity contribution is 6.30. The van der Waals surface area contributed by atoms with Crippen LogP contribution in [0.4, 0.5) is 0 Å². The lowest BCUT2D eigenvalue weighted by Crippen LogP contribution is -2.36. The number of halogens is 1. The number of nitrogens with one attached hydrogen (secondary N) is 1. The largest absolute Gasteiger partial charge is 0.315 e. The van der Waals surface area contributed by atoms with Crippen LogP contribution in [-0.4, -0.2) is 12.6 Å². The number of aryl methyl sites for hydroxylation is 1. The summed E-state index contributed by atoms with van der Waals surface area (Å²) in [4.78, 5) is 0. The molecule has 1 rings (SSSR count). The molecule has 0 aliphatic heterocycles. The number of hydrogen-bond acceptors (Lipinski definition) is 1. The molecule has 1 nitrogen and oxygen atoms in total. The van der Waals surface area contributed by atoms with E-state index in [1.807, 2.05) is 19.2 Å².